The van der Waals surface area contributed by atoms with Gasteiger partial charge in [-0.2, -0.15) is 0 Å². The second-order valence-electron chi connectivity index (χ2n) is 14.5. The number of rotatable bonds is 6. The van der Waals surface area contributed by atoms with Gasteiger partial charge in [0.15, 0.2) is 0 Å². The lowest BCUT2D eigenvalue weighted by Gasteiger charge is -2.29. The second kappa shape index (κ2) is 12.6. The Hall–Kier alpha value is -7.34. The molecule has 4 nitrogen and oxygen atoms in total. The summed E-state index contributed by atoms with van der Waals surface area (Å²) in [5, 5.41) is 9.31. The maximum Gasteiger partial charge on any atom is 0.137 e. The van der Waals surface area contributed by atoms with E-state index in [1.165, 1.54) is 30.9 Å². The Morgan fingerprint density at radius 2 is 0.807 bits per heavy atom. The zero-order valence-corrected chi connectivity index (χ0v) is 31.4. The third-order valence-electron chi connectivity index (χ3n) is 11.2. The highest BCUT2D eigenvalue weighted by molar-refractivity contribution is 7.26. The Balaban J connectivity index is 1.15. The fourth-order valence-corrected chi connectivity index (χ4v) is 9.87. The van der Waals surface area contributed by atoms with Gasteiger partial charge >= 0.3 is 0 Å². The van der Waals surface area contributed by atoms with Crippen LogP contribution in [-0.4, -0.2) is 0 Å². The van der Waals surface area contributed by atoms with E-state index in [2.05, 4.69) is 180 Å². The van der Waals surface area contributed by atoms with Gasteiger partial charge < -0.3 is 18.6 Å². The van der Waals surface area contributed by atoms with E-state index < -0.39 is 0 Å². The first-order valence-electron chi connectivity index (χ1n) is 19.2. The topological polar surface area (TPSA) is 32.8 Å². The minimum atomic E-state index is 0.861. The van der Waals surface area contributed by atoms with Crippen LogP contribution >= 0.6 is 11.3 Å². The molecule has 0 saturated heterocycles. The molecule has 0 N–H and O–H groups in total. The number of hydrogen-bond donors (Lipinski definition) is 0. The highest BCUT2D eigenvalue weighted by atomic mass is 32.1. The van der Waals surface area contributed by atoms with Crippen molar-refractivity contribution >= 4 is 120 Å². The fourth-order valence-electron chi connectivity index (χ4n) is 8.61. The first kappa shape index (κ1) is 32.0. The highest BCUT2D eigenvalue weighted by Gasteiger charge is 2.25. The number of benzene rings is 9. The van der Waals surface area contributed by atoms with E-state index in [0.29, 0.717) is 0 Å². The Morgan fingerprint density at radius 3 is 1.40 bits per heavy atom. The zero-order chi connectivity index (χ0) is 37.5. The van der Waals surface area contributed by atoms with Gasteiger partial charge in [-0.3, -0.25) is 0 Å². The Kier molecular flexibility index (Phi) is 7.06. The summed E-state index contributed by atoms with van der Waals surface area (Å²) in [6, 6.07) is 69.0. The van der Waals surface area contributed by atoms with E-state index in [1.54, 1.807) is 0 Å². The van der Waals surface area contributed by atoms with Crippen molar-refractivity contribution in [2.45, 2.75) is 0 Å². The minimum absolute atomic E-state index is 0.861. The molecule has 0 unspecified atom stereocenters. The van der Waals surface area contributed by atoms with Gasteiger partial charge in [-0.05, 0) is 95.7 Å². The SMILES string of the molecule is c1ccc(N(c2ccc3c(c2)oc2ccccc23)c2ccc(N(c3ccccc3)c3ccc4c(c3)oc3ccccc34)c3c2sc2cc4ccccc4cc23)cc1. The molecule has 12 rings (SSSR count). The summed E-state index contributed by atoms with van der Waals surface area (Å²) < 4.78 is 15.3. The number of thiophene rings is 1. The monoisotopic (exact) mass is 748 g/mol. The van der Waals surface area contributed by atoms with Crippen LogP contribution in [-0.2, 0) is 0 Å². The van der Waals surface area contributed by atoms with E-state index in [0.717, 1.165) is 78.0 Å². The van der Waals surface area contributed by atoms with Crippen molar-refractivity contribution in [3.05, 3.63) is 194 Å². The smallest absolute Gasteiger partial charge is 0.137 e. The molecule has 5 heteroatoms. The summed E-state index contributed by atoms with van der Waals surface area (Å²) in [6.45, 7) is 0. The van der Waals surface area contributed by atoms with Crippen molar-refractivity contribution in [1.82, 2.24) is 0 Å². The normalized spacial score (nSPS) is 11.9. The summed E-state index contributed by atoms with van der Waals surface area (Å²) in [7, 11) is 0. The maximum absolute atomic E-state index is 6.47. The number of hydrogen-bond acceptors (Lipinski definition) is 5. The third kappa shape index (κ3) is 5.06. The van der Waals surface area contributed by atoms with E-state index >= 15 is 0 Å². The Labute approximate surface area is 331 Å². The van der Waals surface area contributed by atoms with Crippen LogP contribution < -0.4 is 9.80 Å². The lowest BCUT2D eigenvalue weighted by atomic mass is 10.0. The number of nitrogens with zero attached hydrogens (tertiary/aromatic N) is 2. The molecule has 0 atom stereocenters. The van der Waals surface area contributed by atoms with Crippen molar-refractivity contribution in [3.8, 4) is 0 Å². The fraction of sp³-hybridized carbons (Fsp3) is 0. The average Bonchev–Trinajstić information content (AvgIpc) is 3.95. The first-order valence-corrected chi connectivity index (χ1v) is 20.0. The van der Waals surface area contributed by atoms with Crippen LogP contribution in [0.1, 0.15) is 0 Å². The van der Waals surface area contributed by atoms with Crippen LogP contribution in [0.4, 0.5) is 34.1 Å². The van der Waals surface area contributed by atoms with Gasteiger partial charge in [0.1, 0.15) is 22.3 Å². The molecule has 0 aliphatic rings. The molecule has 0 saturated carbocycles. The molecule has 0 amide bonds. The predicted octanol–water partition coefficient (Wildman–Crippen LogP) is 15.9. The molecule has 0 aliphatic heterocycles. The van der Waals surface area contributed by atoms with Crippen LogP contribution in [0, 0.1) is 0 Å². The molecule has 12 aromatic rings. The van der Waals surface area contributed by atoms with Gasteiger partial charge in [-0.1, -0.05) is 97.1 Å². The van der Waals surface area contributed by atoms with Crippen molar-refractivity contribution in [3.63, 3.8) is 0 Å². The molecule has 268 valence electrons. The van der Waals surface area contributed by atoms with Crippen LogP contribution in [0.3, 0.4) is 0 Å². The van der Waals surface area contributed by atoms with Gasteiger partial charge in [-0.25, -0.2) is 0 Å². The molecule has 3 heterocycles. The van der Waals surface area contributed by atoms with E-state index in [9.17, 15) is 0 Å². The minimum Gasteiger partial charge on any atom is -0.456 e. The molecule has 3 aromatic heterocycles. The molecule has 57 heavy (non-hydrogen) atoms. The van der Waals surface area contributed by atoms with Crippen molar-refractivity contribution in [1.29, 1.82) is 0 Å². The lowest BCUT2D eigenvalue weighted by molar-refractivity contribution is 0.668. The van der Waals surface area contributed by atoms with E-state index in [1.807, 2.05) is 35.6 Å². The second-order valence-corrected chi connectivity index (χ2v) is 15.6. The molecule has 9 aromatic carbocycles. The molecule has 0 bridgehead atoms. The van der Waals surface area contributed by atoms with Crippen LogP contribution in [0.25, 0.3) is 74.8 Å². The summed E-state index contributed by atoms with van der Waals surface area (Å²) in [6.07, 6.45) is 0. The highest BCUT2D eigenvalue weighted by Crippen LogP contribution is 2.52. The average molecular weight is 749 g/mol. The maximum atomic E-state index is 6.47. The van der Waals surface area contributed by atoms with Gasteiger partial charge in [0.2, 0.25) is 0 Å². The van der Waals surface area contributed by atoms with Gasteiger partial charge in [0.05, 0.1) is 16.1 Å². The number of anilines is 6. The van der Waals surface area contributed by atoms with Gasteiger partial charge in [-0.15, -0.1) is 11.3 Å². The quantitative estimate of drug-likeness (QED) is 0.170. The van der Waals surface area contributed by atoms with E-state index in [-0.39, 0.29) is 0 Å². The summed E-state index contributed by atoms with van der Waals surface area (Å²) >= 11 is 1.85. The third-order valence-corrected chi connectivity index (χ3v) is 12.4. The van der Waals surface area contributed by atoms with Gasteiger partial charge in [0.25, 0.3) is 0 Å². The summed E-state index contributed by atoms with van der Waals surface area (Å²) in [5.41, 5.74) is 9.88. The van der Waals surface area contributed by atoms with Crippen LogP contribution in [0.15, 0.2) is 203 Å². The molecule has 0 radical (unpaired) electrons. The summed E-state index contributed by atoms with van der Waals surface area (Å²) in [5.74, 6) is 0. The Bertz CT molecular complexity index is 3490. The molecule has 0 aliphatic carbocycles. The van der Waals surface area contributed by atoms with Crippen molar-refractivity contribution < 1.29 is 8.83 Å². The van der Waals surface area contributed by atoms with Gasteiger partial charge in [0, 0.05) is 71.9 Å². The van der Waals surface area contributed by atoms with Crippen molar-refractivity contribution in [2.75, 3.05) is 9.80 Å². The molecular weight excluding hydrogens is 717 g/mol. The Morgan fingerprint density at radius 1 is 0.333 bits per heavy atom. The number of fused-ring (bicyclic) bond motifs is 10. The van der Waals surface area contributed by atoms with E-state index in [4.69, 9.17) is 8.83 Å². The van der Waals surface area contributed by atoms with Crippen LogP contribution in [0.2, 0.25) is 0 Å². The molecular formula is C52H32N2O2S. The largest absolute Gasteiger partial charge is 0.456 e. The van der Waals surface area contributed by atoms with Crippen molar-refractivity contribution in [2.24, 2.45) is 0 Å². The zero-order valence-electron chi connectivity index (χ0n) is 30.6. The number of furan rings is 2. The first-order chi connectivity index (χ1) is 28.2. The molecule has 0 fully saturated rings. The lowest BCUT2D eigenvalue weighted by Crippen LogP contribution is -2.12. The van der Waals surface area contributed by atoms with Crippen LogP contribution in [0.5, 0.6) is 0 Å². The number of para-hydroxylation sites is 4. The standard InChI is InChI=1S/C52H32N2O2S/c1-3-15-35(16-4-1)53(37-23-25-41-39-19-9-11-21-46(39)55-48(41)31-37)44-27-28-45(52-51(44)43-29-33-13-7-8-14-34(33)30-50(43)57-52)54(36-17-5-2-6-18-36)38-24-26-42-40-20-10-12-22-47(40)56-49(42)32-38/h1-32H. The summed E-state index contributed by atoms with van der Waals surface area (Å²) in [4.78, 5) is 4.76. The predicted molar refractivity (Wildman–Crippen MR) is 241 cm³/mol. The molecule has 0 spiro atoms.